The maximum atomic E-state index is 15.8. The average Bonchev–Trinajstić information content (AvgIpc) is 4.38. The van der Waals surface area contributed by atoms with Gasteiger partial charge in [-0.1, -0.05) is 35.9 Å². The third-order valence-corrected chi connectivity index (χ3v) is 17.3. The van der Waals surface area contributed by atoms with Crippen LogP contribution >= 0.6 is 22.9 Å². The lowest BCUT2D eigenvalue weighted by Gasteiger charge is -2.32. The van der Waals surface area contributed by atoms with Crippen LogP contribution in [-0.4, -0.2) is 147 Å². The maximum Gasteiger partial charge on any atom is 0.322 e. The highest BCUT2D eigenvalue weighted by Gasteiger charge is 2.38. The number of aromatic nitrogens is 7. The second-order valence-electron chi connectivity index (χ2n) is 21.0. The number of nitrogens with zero attached hydrogens (tertiary/aromatic N) is 11. The second kappa shape index (κ2) is 23.5. The van der Waals surface area contributed by atoms with E-state index in [1.54, 1.807) is 46.3 Å². The number of carbonyl (C=O) groups excluding carboxylic acids is 5. The minimum absolute atomic E-state index is 0.0120. The van der Waals surface area contributed by atoms with Crippen molar-refractivity contribution in [3.63, 3.8) is 0 Å². The summed E-state index contributed by atoms with van der Waals surface area (Å²) in [6.45, 7) is 9.94. The first-order valence-electron chi connectivity index (χ1n) is 27.0. The Balaban J connectivity index is 0.000000259. The van der Waals surface area contributed by atoms with Crippen LogP contribution in [0.2, 0.25) is 5.02 Å². The molecule has 0 spiro atoms. The van der Waals surface area contributed by atoms with Gasteiger partial charge in [0.25, 0.3) is 0 Å². The monoisotopic (exact) mass is 1130 g/mol. The molecule has 4 aliphatic rings. The highest BCUT2D eigenvalue weighted by Crippen LogP contribution is 2.41. The lowest BCUT2D eigenvalue weighted by molar-refractivity contribution is -0.142. The van der Waals surface area contributed by atoms with Crippen molar-refractivity contribution in [2.24, 2.45) is 18.0 Å². The van der Waals surface area contributed by atoms with Gasteiger partial charge in [-0.15, -0.1) is 21.5 Å². The molecule has 7 aromatic rings. The van der Waals surface area contributed by atoms with E-state index in [-0.39, 0.29) is 42.1 Å². The molecule has 3 fully saturated rings. The summed E-state index contributed by atoms with van der Waals surface area (Å²) in [5.74, 6) is -0.908. The Morgan fingerprint density at radius 3 is 2.36 bits per heavy atom. The van der Waals surface area contributed by atoms with Crippen molar-refractivity contribution in [2.75, 3.05) is 45.8 Å². The van der Waals surface area contributed by atoms with E-state index in [0.717, 1.165) is 51.3 Å². The topological polar surface area (TPSA) is 235 Å². The number of aryl methyl sites for hydroxylation is 3. The zero-order valence-corrected chi connectivity index (χ0v) is 46.9. The normalized spacial score (nSPS) is 17.2. The highest BCUT2D eigenvalue weighted by atomic mass is 35.5. The molecular weight excluding hydrogens is 1070 g/mol. The molecule has 4 aliphatic heterocycles. The summed E-state index contributed by atoms with van der Waals surface area (Å²) in [6, 6.07) is 16.1. The van der Waals surface area contributed by atoms with Gasteiger partial charge in [0.2, 0.25) is 29.5 Å². The summed E-state index contributed by atoms with van der Waals surface area (Å²) in [5, 5.41) is 34.5. The molecule has 0 bridgehead atoms. The van der Waals surface area contributed by atoms with Gasteiger partial charge in [-0.25, -0.2) is 4.39 Å². The van der Waals surface area contributed by atoms with E-state index in [4.69, 9.17) is 26.8 Å². The molecule has 0 aliphatic carbocycles. The number of fused-ring (bicyclic) bond motifs is 5. The molecule has 2 unspecified atom stereocenters. The molecule has 3 aromatic carbocycles. The Kier molecular flexibility index (Phi) is 16.3. The molecule has 20 nitrogen and oxygen atoms in total. The Bertz CT molecular complexity index is 3600. The van der Waals surface area contributed by atoms with Crippen molar-refractivity contribution in [1.29, 1.82) is 0 Å². The Labute approximate surface area is 470 Å². The fraction of sp³-hybridized carbons (Fsp3) is 0.421. The highest BCUT2D eigenvalue weighted by molar-refractivity contribution is 7.15. The lowest BCUT2D eigenvalue weighted by Crippen LogP contribution is -2.46. The SMILES string of the molecule is CC(=O)N1CCCC1C(=O)N1CCC(CCC(=O)N2CCC(c3nn(CC(=O)NCC(=O)NCC(=O)O)c4cccc(-c5cc6c(cnn6C)cc5F)c34)CC2)C1.Cc1sc2c(c1C)C(c1ccc(Cl)cc1)=NCc1nnc(C)n1-2. The number of hydrogen-bond donors (Lipinski definition) is 3. The summed E-state index contributed by atoms with van der Waals surface area (Å²) in [6.07, 6.45) is 6.21. The number of carboxylic acids is 1. The number of rotatable bonds is 13. The van der Waals surface area contributed by atoms with Crippen molar-refractivity contribution in [1.82, 2.24) is 59.7 Å². The van der Waals surface area contributed by atoms with Crippen LogP contribution in [0.3, 0.4) is 0 Å². The van der Waals surface area contributed by atoms with Crippen LogP contribution in [0, 0.1) is 32.5 Å². The van der Waals surface area contributed by atoms with Crippen LogP contribution in [0.5, 0.6) is 0 Å². The smallest absolute Gasteiger partial charge is 0.322 e. The zero-order valence-electron chi connectivity index (χ0n) is 45.3. The molecule has 3 N–H and O–H groups in total. The molecule has 5 amide bonds. The molecule has 4 aromatic heterocycles. The van der Waals surface area contributed by atoms with Crippen LogP contribution < -0.4 is 10.6 Å². The number of halogens is 2. The fourth-order valence-corrected chi connectivity index (χ4v) is 12.9. The molecule has 8 heterocycles. The van der Waals surface area contributed by atoms with E-state index in [2.05, 4.69) is 44.3 Å². The maximum absolute atomic E-state index is 15.8. The quantitative estimate of drug-likeness (QED) is 0.111. The predicted molar refractivity (Wildman–Crippen MR) is 300 cm³/mol. The lowest BCUT2D eigenvalue weighted by atomic mass is 9.88. The van der Waals surface area contributed by atoms with E-state index in [1.165, 1.54) is 33.7 Å². The predicted octanol–water partition coefficient (Wildman–Crippen LogP) is 6.65. The van der Waals surface area contributed by atoms with E-state index >= 15 is 4.39 Å². The summed E-state index contributed by atoms with van der Waals surface area (Å²) < 4.78 is 21.2. The molecule has 3 saturated heterocycles. The van der Waals surface area contributed by atoms with Gasteiger partial charge in [-0.2, -0.15) is 10.2 Å². The molecule has 0 radical (unpaired) electrons. The molecule has 80 heavy (non-hydrogen) atoms. The number of piperidine rings is 1. The van der Waals surface area contributed by atoms with Crippen LogP contribution in [0.1, 0.15) is 96.7 Å². The molecular formula is C57H63ClFN13O7S. The van der Waals surface area contributed by atoms with Crippen LogP contribution in [0.25, 0.3) is 37.9 Å². The third-order valence-electron chi connectivity index (χ3n) is 15.8. The molecule has 23 heteroatoms. The van der Waals surface area contributed by atoms with Crippen molar-refractivity contribution < 1.29 is 38.3 Å². The summed E-state index contributed by atoms with van der Waals surface area (Å²) in [5.41, 5.74) is 7.51. The number of amides is 5. The van der Waals surface area contributed by atoms with Crippen molar-refractivity contribution in [2.45, 2.75) is 97.7 Å². The first-order valence-corrected chi connectivity index (χ1v) is 28.1. The number of carbonyl (C=O) groups is 6. The van der Waals surface area contributed by atoms with E-state index < -0.39 is 36.7 Å². The van der Waals surface area contributed by atoms with Gasteiger partial charge in [0, 0.05) is 96.4 Å². The third kappa shape index (κ3) is 11.5. The van der Waals surface area contributed by atoms with Crippen LogP contribution in [0.15, 0.2) is 65.8 Å². The van der Waals surface area contributed by atoms with E-state index in [0.29, 0.717) is 104 Å². The summed E-state index contributed by atoms with van der Waals surface area (Å²) in [7, 11) is 1.79. The number of benzene rings is 3. The van der Waals surface area contributed by atoms with Crippen LogP contribution in [0.4, 0.5) is 4.39 Å². The van der Waals surface area contributed by atoms with Gasteiger partial charge in [0.15, 0.2) is 5.82 Å². The number of aliphatic imine (C=N–C) groups is 1. The van der Waals surface area contributed by atoms with Crippen molar-refractivity contribution >= 4 is 86.0 Å². The number of carboxylic acid groups (broad SMARTS) is 1. The van der Waals surface area contributed by atoms with E-state index in [1.807, 2.05) is 53.1 Å². The molecule has 418 valence electrons. The number of nitrogens with one attached hydrogen (secondary N) is 2. The van der Waals surface area contributed by atoms with Crippen molar-refractivity contribution in [3.8, 4) is 16.1 Å². The molecule has 11 rings (SSSR count). The summed E-state index contributed by atoms with van der Waals surface area (Å²) in [4.78, 5) is 86.2. The standard InChI is InChI=1S/C40H48FN9O7.C17H15ClN4S/c1-24(51)49-13-4-7-32(49)40(57)48-14-10-25(22-48)8-9-36(54)47-15-11-26(12-16-47)39-38-28(29-18-33-27(17-30(29)41)19-44-46(33)2)5-3-6-31(38)50(45-39)23-35(53)42-20-34(52)43-21-37(55)56;1-9-10(2)23-17-15(9)16(12-4-6-13(18)7-5-12)19-8-14-21-20-11(3)22(14)17/h3,5-6,17-19,25-26,32H,4,7-16,20-23H2,1-2H3,(H,42,53)(H,43,52)(H,55,56);4-7H,8H2,1-3H3. The average molecular weight is 1130 g/mol. The first-order chi connectivity index (χ1) is 38.4. The van der Waals surface area contributed by atoms with Crippen LogP contribution in [-0.2, 0) is 48.9 Å². The fourth-order valence-electron chi connectivity index (χ4n) is 11.5. The van der Waals surface area contributed by atoms with Gasteiger partial charge < -0.3 is 30.4 Å². The second-order valence-corrected chi connectivity index (χ2v) is 22.6. The molecule has 2 atom stereocenters. The minimum Gasteiger partial charge on any atom is -0.480 e. The van der Waals surface area contributed by atoms with Gasteiger partial charge in [-0.05, 0) is 107 Å². The van der Waals surface area contributed by atoms with Gasteiger partial charge in [-0.3, -0.25) is 47.7 Å². The number of thiophene rings is 1. The zero-order chi connectivity index (χ0) is 56.5. The first kappa shape index (κ1) is 55.5. The molecule has 0 saturated carbocycles. The van der Waals surface area contributed by atoms with Crippen molar-refractivity contribution in [3.05, 3.63) is 111 Å². The largest absolute Gasteiger partial charge is 0.480 e. The Morgan fingerprint density at radius 2 is 1.61 bits per heavy atom. The van der Waals surface area contributed by atoms with E-state index in [9.17, 15) is 28.8 Å². The van der Waals surface area contributed by atoms with Gasteiger partial charge in [0.1, 0.15) is 42.3 Å². The number of likely N-dealkylation sites (tertiary alicyclic amines) is 3. The Hall–Kier alpha value is -7.85. The number of hydrogen-bond acceptors (Lipinski definition) is 12. The van der Waals surface area contributed by atoms with Gasteiger partial charge in [0.05, 0.1) is 35.2 Å². The number of aliphatic carboxylic acids is 1. The Morgan fingerprint density at radius 1 is 0.863 bits per heavy atom. The summed E-state index contributed by atoms with van der Waals surface area (Å²) >= 11 is 7.80. The van der Waals surface area contributed by atoms with Gasteiger partial charge >= 0.3 is 5.97 Å². The minimum atomic E-state index is -1.20.